The summed E-state index contributed by atoms with van der Waals surface area (Å²) in [4.78, 5) is 27.6. The fraction of sp³-hybridized carbons (Fsp3) is 0.407. The second kappa shape index (κ2) is 11.7. The number of fused-ring (bicyclic) bond motifs is 1. The molecule has 210 valence electrons. The molecule has 2 aliphatic heterocycles. The number of benzene rings is 2. The Labute approximate surface area is 229 Å². The monoisotopic (exact) mass is 562 g/mol. The molecule has 0 saturated carbocycles. The predicted molar refractivity (Wildman–Crippen MR) is 141 cm³/mol. The van der Waals surface area contributed by atoms with Crippen LogP contribution in [0.4, 0.5) is 11.4 Å². The van der Waals surface area contributed by atoms with Gasteiger partial charge in [-0.3, -0.25) is 9.59 Å². The average molecular weight is 563 g/mol. The molecule has 2 aromatic rings. The van der Waals surface area contributed by atoms with Gasteiger partial charge in [0.25, 0.3) is 11.8 Å². The number of anilines is 2. The lowest BCUT2D eigenvalue weighted by Crippen LogP contribution is -2.60. The normalized spacial score (nSPS) is 29.5. The molecule has 11 nitrogen and oxygen atoms in total. The number of ether oxygens (including phenoxy) is 1. The van der Waals surface area contributed by atoms with Crippen LogP contribution < -0.4 is 10.2 Å². The van der Waals surface area contributed by atoms with E-state index in [0.717, 1.165) is 0 Å². The van der Waals surface area contributed by atoms with E-state index in [0.29, 0.717) is 33.9 Å². The maximum absolute atomic E-state index is 13.6. The van der Waals surface area contributed by atoms with Crippen molar-refractivity contribution in [3.63, 3.8) is 0 Å². The van der Waals surface area contributed by atoms with E-state index >= 15 is 0 Å². The van der Waals surface area contributed by atoms with Gasteiger partial charge in [-0.05, 0) is 42.3 Å². The van der Waals surface area contributed by atoms with Crippen LogP contribution in [0.15, 0.2) is 54.6 Å². The Kier molecular flexibility index (Phi) is 8.74. The smallest absolute Gasteiger partial charge is 0.264 e. The minimum Gasteiger partial charge on any atom is -0.396 e. The quantitative estimate of drug-likeness (QED) is 0.224. The molecule has 0 aliphatic carbocycles. The van der Waals surface area contributed by atoms with Crippen molar-refractivity contribution < 1.29 is 45.0 Å². The van der Waals surface area contributed by atoms with E-state index in [1.165, 1.54) is 4.90 Å². The van der Waals surface area contributed by atoms with Crippen molar-refractivity contribution in [3.05, 3.63) is 70.8 Å². The average Bonchev–Trinajstić information content (AvgIpc) is 3.12. The third-order valence-corrected chi connectivity index (χ3v) is 7.25. The molecule has 7 N–H and O–H groups in total. The van der Waals surface area contributed by atoms with Crippen LogP contribution in [-0.2, 0) is 26.5 Å². The molecule has 0 aromatic heterocycles. The molecule has 1 fully saturated rings. The number of carbonyl (C=O) groups is 2. The number of hydrogen-bond acceptors (Lipinski definition) is 9. The Balaban J connectivity index is 1.50. The van der Waals surface area contributed by atoms with E-state index < -0.39 is 54.0 Å². The lowest BCUT2D eigenvalue weighted by atomic mass is 9.83. The topological polar surface area (TPSA) is 180 Å². The molecule has 2 aliphatic rings. The zero-order valence-electron chi connectivity index (χ0n) is 21.0. The number of rotatable bonds is 8. The van der Waals surface area contributed by atoms with Crippen molar-refractivity contribution in [3.8, 4) is 0 Å². The Morgan fingerprint density at radius 3 is 2.49 bits per heavy atom. The molecule has 0 unspecified atom stereocenters. The summed E-state index contributed by atoms with van der Waals surface area (Å²) in [6.45, 7) is 1.77. The van der Waals surface area contributed by atoms with Gasteiger partial charge in [0, 0.05) is 28.8 Å². The number of nitrogens with one attached hydrogen (secondary N) is 1. The number of hydrogen-bond donors (Lipinski definition) is 7. The molecule has 0 bridgehead atoms. The lowest BCUT2D eigenvalue weighted by Gasteiger charge is -2.37. The van der Waals surface area contributed by atoms with Crippen molar-refractivity contribution in [1.29, 1.82) is 0 Å². The van der Waals surface area contributed by atoms with Crippen molar-refractivity contribution in [2.45, 2.75) is 56.2 Å². The molecule has 0 radical (unpaired) electrons. The van der Waals surface area contributed by atoms with Crippen LogP contribution in [0.3, 0.4) is 0 Å². The van der Waals surface area contributed by atoms with Gasteiger partial charge in [0.1, 0.15) is 18.3 Å². The molecular weight excluding hydrogens is 532 g/mol. The minimum atomic E-state index is -1.86. The number of nitrogens with zero attached hydrogens (tertiary/aromatic N) is 1. The van der Waals surface area contributed by atoms with Crippen LogP contribution >= 0.6 is 11.6 Å². The zero-order chi connectivity index (χ0) is 28.5. The Morgan fingerprint density at radius 1 is 1.13 bits per heavy atom. The molecule has 0 spiro atoms. The van der Waals surface area contributed by atoms with Gasteiger partial charge < -0.3 is 45.6 Å². The summed E-state index contributed by atoms with van der Waals surface area (Å²) in [5.74, 6) is -1.97. The lowest BCUT2D eigenvalue weighted by molar-refractivity contribution is -0.274. The van der Waals surface area contributed by atoms with Gasteiger partial charge in [-0.15, -0.1) is 0 Å². The van der Waals surface area contributed by atoms with Crippen molar-refractivity contribution in [2.75, 3.05) is 16.8 Å². The first-order valence-corrected chi connectivity index (χ1v) is 12.8. The summed E-state index contributed by atoms with van der Waals surface area (Å²) >= 11 is 6.19. The third kappa shape index (κ3) is 5.58. The van der Waals surface area contributed by atoms with Crippen LogP contribution in [0.2, 0.25) is 5.02 Å². The highest BCUT2D eigenvalue weighted by Gasteiger charge is 2.52. The van der Waals surface area contributed by atoms with Gasteiger partial charge in [-0.2, -0.15) is 0 Å². The second-order valence-corrected chi connectivity index (χ2v) is 10.1. The van der Waals surface area contributed by atoms with Crippen LogP contribution in [0.25, 0.3) is 0 Å². The Morgan fingerprint density at radius 2 is 1.82 bits per heavy atom. The van der Waals surface area contributed by atoms with E-state index in [-0.39, 0.29) is 13.2 Å². The number of aliphatic hydroxyl groups is 6. The highest BCUT2D eigenvalue weighted by molar-refractivity contribution is 6.31. The molecule has 2 amide bonds. The predicted octanol–water partition coefficient (Wildman–Crippen LogP) is 0.388. The van der Waals surface area contributed by atoms with E-state index in [2.05, 4.69) is 5.32 Å². The Bertz CT molecular complexity index is 1240. The first-order chi connectivity index (χ1) is 18.5. The molecule has 2 aromatic carbocycles. The largest absolute Gasteiger partial charge is 0.396 e. The molecule has 1 saturated heterocycles. The summed E-state index contributed by atoms with van der Waals surface area (Å²) in [5.41, 5.74) is 0.0236. The van der Waals surface area contributed by atoms with Gasteiger partial charge in [-0.1, -0.05) is 42.8 Å². The number of halogens is 1. The fourth-order valence-corrected chi connectivity index (χ4v) is 4.93. The molecule has 12 heteroatoms. The maximum Gasteiger partial charge on any atom is 0.264 e. The molecular formula is C27H31ClN2O9. The summed E-state index contributed by atoms with van der Waals surface area (Å²) in [6.07, 6.45) is -4.96. The first-order valence-electron chi connectivity index (χ1n) is 12.4. The van der Waals surface area contributed by atoms with Gasteiger partial charge >= 0.3 is 0 Å². The van der Waals surface area contributed by atoms with Crippen LogP contribution in [0, 0.1) is 5.92 Å². The molecule has 2 heterocycles. The van der Waals surface area contributed by atoms with Gasteiger partial charge in [0.05, 0.1) is 12.2 Å². The standard InChI is InChI=1S/C27H31ClN2O9/c1-14(4-2-3-11-31)27(38)18-12-16(28)7-10-19(18)30(26(27)37)13-15-5-8-17(9-6-15)29-24(35)23-21(33)20(32)22(34)25(36)39-23/h2,4-10,12,14,20-23,25,31-34,36,38H,3,11,13H2,1H3,(H,29,35)/b4-2+/t14-,20-,21-,22+,23-,25+,27+/m0/s1. The molecule has 4 rings (SSSR count). The summed E-state index contributed by atoms with van der Waals surface area (Å²) in [7, 11) is 0. The third-order valence-electron chi connectivity index (χ3n) is 7.02. The van der Waals surface area contributed by atoms with Crippen molar-refractivity contribution in [2.24, 2.45) is 5.92 Å². The summed E-state index contributed by atoms with van der Waals surface area (Å²) < 4.78 is 4.94. The van der Waals surface area contributed by atoms with Crippen molar-refractivity contribution >= 4 is 34.8 Å². The summed E-state index contributed by atoms with van der Waals surface area (Å²) in [5, 5.41) is 62.7. The number of carbonyl (C=O) groups excluding carboxylic acids is 2. The first kappa shape index (κ1) is 29.1. The highest BCUT2D eigenvalue weighted by Crippen LogP contribution is 2.46. The fourth-order valence-electron chi connectivity index (χ4n) is 4.76. The van der Waals surface area contributed by atoms with Gasteiger partial charge in [0.15, 0.2) is 18.0 Å². The number of aliphatic hydroxyl groups excluding tert-OH is 5. The SMILES string of the molecule is C[C@@H](/C=C/CCO)[C@]1(O)C(=O)N(Cc2ccc(NC(=O)[C@H]3O[C@@H](O)[C@H](O)[C@@H](O)[C@@H]3O)cc2)c2ccc(Cl)cc21. The van der Waals surface area contributed by atoms with E-state index in [9.17, 15) is 35.1 Å². The Hall–Kier alpha value is -2.87. The maximum atomic E-state index is 13.6. The van der Waals surface area contributed by atoms with Gasteiger partial charge in [0.2, 0.25) is 0 Å². The highest BCUT2D eigenvalue weighted by atomic mass is 35.5. The number of amides is 2. The van der Waals surface area contributed by atoms with E-state index in [1.807, 2.05) is 0 Å². The van der Waals surface area contributed by atoms with Crippen LogP contribution in [0.1, 0.15) is 24.5 Å². The van der Waals surface area contributed by atoms with Crippen molar-refractivity contribution in [1.82, 2.24) is 0 Å². The van der Waals surface area contributed by atoms with Crippen LogP contribution in [-0.4, -0.2) is 79.8 Å². The minimum absolute atomic E-state index is 0.0537. The van der Waals surface area contributed by atoms with Crippen LogP contribution in [0.5, 0.6) is 0 Å². The second-order valence-electron chi connectivity index (χ2n) is 9.65. The zero-order valence-corrected chi connectivity index (χ0v) is 21.8. The van der Waals surface area contributed by atoms with E-state index in [1.54, 1.807) is 61.5 Å². The summed E-state index contributed by atoms with van der Waals surface area (Å²) in [6, 6.07) is 11.3. The molecule has 39 heavy (non-hydrogen) atoms. The van der Waals surface area contributed by atoms with Gasteiger partial charge in [-0.25, -0.2) is 0 Å². The molecule has 7 atom stereocenters. The van der Waals surface area contributed by atoms with E-state index in [4.69, 9.17) is 21.4 Å².